The largest absolute Gasteiger partial charge is 0.374 e. The van der Waals surface area contributed by atoms with Crippen LogP contribution < -0.4 is 10.2 Å². The van der Waals surface area contributed by atoms with E-state index in [0.717, 1.165) is 5.69 Å². The monoisotopic (exact) mass is 280 g/mol. The van der Waals surface area contributed by atoms with Gasteiger partial charge in [-0.1, -0.05) is 18.2 Å². The molecular weight excluding hydrogens is 264 g/mol. The topological polar surface area (TPSA) is 69.0 Å². The van der Waals surface area contributed by atoms with Gasteiger partial charge in [0.2, 0.25) is 5.91 Å². The van der Waals surface area contributed by atoms with Crippen molar-refractivity contribution in [3.63, 3.8) is 0 Å². The van der Waals surface area contributed by atoms with Crippen molar-refractivity contribution < 1.29 is 4.79 Å². The Morgan fingerprint density at radius 3 is 2.81 bits per heavy atom. The van der Waals surface area contributed by atoms with Crippen molar-refractivity contribution >= 4 is 17.3 Å². The Bertz CT molecular complexity index is 649. The fourth-order valence-corrected chi connectivity index (χ4v) is 1.89. The first-order valence-corrected chi connectivity index (χ1v) is 6.61. The molecule has 0 bridgehead atoms. The van der Waals surface area contributed by atoms with Crippen molar-refractivity contribution in [3.8, 4) is 6.07 Å². The molecule has 1 aromatic carbocycles. The van der Waals surface area contributed by atoms with Gasteiger partial charge in [-0.3, -0.25) is 9.78 Å². The Kier molecular flexibility index (Phi) is 4.89. The first-order chi connectivity index (χ1) is 10.2. The second-order valence-electron chi connectivity index (χ2n) is 4.59. The Balaban J connectivity index is 1.90. The number of pyridine rings is 1. The van der Waals surface area contributed by atoms with Crippen molar-refractivity contribution in [2.45, 2.75) is 6.42 Å². The number of para-hydroxylation sites is 1. The van der Waals surface area contributed by atoms with E-state index in [2.05, 4.69) is 10.3 Å². The molecule has 0 spiro atoms. The molecule has 1 amide bonds. The molecular formula is C16H16N4O. The van der Waals surface area contributed by atoms with Crippen LogP contribution in [0.1, 0.15) is 12.0 Å². The minimum Gasteiger partial charge on any atom is -0.374 e. The molecule has 0 aliphatic heterocycles. The second kappa shape index (κ2) is 7.06. The molecule has 21 heavy (non-hydrogen) atoms. The predicted molar refractivity (Wildman–Crippen MR) is 81.9 cm³/mol. The van der Waals surface area contributed by atoms with E-state index in [1.807, 2.05) is 48.3 Å². The molecule has 1 N–H and O–H groups in total. The summed E-state index contributed by atoms with van der Waals surface area (Å²) in [6.45, 7) is 0.600. The minimum absolute atomic E-state index is 0.125. The summed E-state index contributed by atoms with van der Waals surface area (Å²) >= 11 is 0. The van der Waals surface area contributed by atoms with Crippen molar-refractivity contribution in [1.82, 2.24) is 4.98 Å². The van der Waals surface area contributed by atoms with Gasteiger partial charge in [0, 0.05) is 38.1 Å². The molecule has 5 heteroatoms. The Morgan fingerprint density at radius 2 is 2.10 bits per heavy atom. The van der Waals surface area contributed by atoms with E-state index in [-0.39, 0.29) is 5.91 Å². The zero-order valence-corrected chi connectivity index (χ0v) is 11.8. The van der Waals surface area contributed by atoms with Crippen LogP contribution in [0.15, 0.2) is 48.8 Å². The predicted octanol–water partition coefficient (Wildman–Crippen LogP) is 2.42. The molecule has 0 unspecified atom stereocenters. The number of amides is 1. The Morgan fingerprint density at radius 1 is 1.33 bits per heavy atom. The molecule has 5 nitrogen and oxygen atoms in total. The van der Waals surface area contributed by atoms with E-state index in [1.165, 1.54) is 6.20 Å². The molecule has 1 aromatic heterocycles. The van der Waals surface area contributed by atoms with Crippen molar-refractivity contribution in [3.05, 3.63) is 54.4 Å². The van der Waals surface area contributed by atoms with Gasteiger partial charge in [0.1, 0.15) is 6.07 Å². The van der Waals surface area contributed by atoms with Gasteiger partial charge in [-0.05, 0) is 18.2 Å². The average molecular weight is 280 g/mol. The summed E-state index contributed by atoms with van der Waals surface area (Å²) in [4.78, 5) is 17.8. The van der Waals surface area contributed by atoms with Crippen LogP contribution in [0.2, 0.25) is 0 Å². The van der Waals surface area contributed by atoms with Crippen LogP contribution in [-0.4, -0.2) is 24.5 Å². The third-order valence-electron chi connectivity index (χ3n) is 3.09. The van der Waals surface area contributed by atoms with E-state index in [0.29, 0.717) is 24.2 Å². The number of benzene rings is 1. The highest BCUT2D eigenvalue weighted by atomic mass is 16.1. The van der Waals surface area contributed by atoms with Gasteiger partial charge < -0.3 is 10.2 Å². The number of nitriles is 1. The quantitative estimate of drug-likeness (QED) is 0.913. The number of nitrogens with one attached hydrogen (secondary N) is 1. The van der Waals surface area contributed by atoms with Crippen molar-refractivity contribution in [2.24, 2.45) is 0 Å². The summed E-state index contributed by atoms with van der Waals surface area (Å²) < 4.78 is 0. The standard InChI is InChI=1S/C16H16N4O/c1-20(14-5-3-2-4-6-14)10-8-16(21)19-15-7-9-18-12-13(15)11-17/h2-7,9,12H,8,10H2,1H3,(H,18,19,21). The lowest BCUT2D eigenvalue weighted by Crippen LogP contribution is -2.24. The first kappa shape index (κ1) is 14.5. The van der Waals surface area contributed by atoms with E-state index in [4.69, 9.17) is 5.26 Å². The van der Waals surface area contributed by atoms with Crippen LogP contribution in [0.4, 0.5) is 11.4 Å². The van der Waals surface area contributed by atoms with Gasteiger partial charge >= 0.3 is 0 Å². The zero-order chi connectivity index (χ0) is 15.1. The van der Waals surface area contributed by atoms with E-state index in [9.17, 15) is 4.79 Å². The van der Waals surface area contributed by atoms with E-state index >= 15 is 0 Å². The molecule has 2 rings (SSSR count). The summed E-state index contributed by atoms with van der Waals surface area (Å²) in [7, 11) is 1.94. The van der Waals surface area contributed by atoms with Gasteiger partial charge in [-0.2, -0.15) is 5.26 Å². The third kappa shape index (κ3) is 4.05. The molecule has 2 aromatic rings. The fraction of sp³-hybridized carbons (Fsp3) is 0.188. The van der Waals surface area contributed by atoms with Crippen LogP contribution in [0.3, 0.4) is 0 Å². The Hall–Kier alpha value is -2.87. The SMILES string of the molecule is CN(CCC(=O)Nc1ccncc1C#N)c1ccccc1. The number of hydrogen-bond acceptors (Lipinski definition) is 4. The van der Waals surface area contributed by atoms with Gasteiger partial charge in [0.25, 0.3) is 0 Å². The number of rotatable bonds is 5. The van der Waals surface area contributed by atoms with Gasteiger partial charge in [0.05, 0.1) is 11.3 Å². The van der Waals surface area contributed by atoms with Gasteiger partial charge in [-0.25, -0.2) is 0 Å². The summed E-state index contributed by atoms with van der Waals surface area (Å²) in [6.07, 6.45) is 3.33. The normalized spacial score (nSPS) is 9.71. The molecule has 106 valence electrons. The maximum atomic E-state index is 11.9. The lowest BCUT2D eigenvalue weighted by atomic mass is 10.2. The highest BCUT2D eigenvalue weighted by Gasteiger charge is 2.08. The molecule has 0 aliphatic carbocycles. The van der Waals surface area contributed by atoms with Gasteiger partial charge in [-0.15, -0.1) is 0 Å². The minimum atomic E-state index is -0.125. The molecule has 0 saturated carbocycles. The first-order valence-electron chi connectivity index (χ1n) is 6.61. The van der Waals surface area contributed by atoms with Crippen LogP contribution >= 0.6 is 0 Å². The molecule has 0 fully saturated rings. The number of anilines is 2. The smallest absolute Gasteiger partial charge is 0.226 e. The van der Waals surface area contributed by atoms with Crippen LogP contribution in [-0.2, 0) is 4.79 Å². The fourth-order valence-electron chi connectivity index (χ4n) is 1.89. The Labute approximate surface area is 123 Å². The molecule has 0 aliphatic rings. The summed E-state index contributed by atoms with van der Waals surface area (Å²) in [5, 5.41) is 11.7. The number of nitrogens with zero attached hydrogens (tertiary/aromatic N) is 3. The van der Waals surface area contributed by atoms with E-state index in [1.54, 1.807) is 12.3 Å². The lowest BCUT2D eigenvalue weighted by Gasteiger charge is -2.18. The number of hydrogen-bond donors (Lipinski definition) is 1. The van der Waals surface area contributed by atoms with Crippen molar-refractivity contribution in [1.29, 1.82) is 5.26 Å². The number of aromatic nitrogens is 1. The summed E-state index contributed by atoms with van der Waals surface area (Å²) in [6, 6.07) is 13.5. The molecule has 1 heterocycles. The lowest BCUT2D eigenvalue weighted by molar-refractivity contribution is -0.116. The second-order valence-corrected chi connectivity index (χ2v) is 4.59. The summed E-state index contributed by atoms with van der Waals surface area (Å²) in [5.74, 6) is -0.125. The highest BCUT2D eigenvalue weighted by Crippen LogP contribution is 2.14. The zero-order valence-electron chi connectivity index (χ0n) is 11.8. The van der Waals surface area contributed by atoms with Crippen molar-refractivity contribution in [2.75, 3.05) is 23.8 Å². The molecule has 0 radical (unpaired) electrons. The van der Waals surface area contributed by atoms with E-state index < -0.39 is 0 Å². The maximum Gasteiger partial charge on any atom is 0.226 e. The third-order valence-corrected chi connectivity index (χ3v) is 3.09. The maximum absolute atomic E-state index is 11.9. The number of carbonyl (C=O) groups is 1. The van der Waals surface area contributed by atoms with Gasteiger partial charge in [0.15, 0.2) is 0 Å². The molecule has 0 saturated heterocycles. The highest BCUT2D eigenvalue weighted by molar-refractivity contribution is 5.92. The van der Waals surface area contributed by atoms with Crippen LogP contribution in [0.5, 0.6) is 0 Å². The average Bonchev–Trinajstić information content (AvgIpc) is 2.54. The number of carbonyl (C=O) groups excluding carboxylic acids is 1. The van der Waals surface area contributed by atoms with Crippen LogP contribution in [0, 0.1) is 11.3 Å². The molecule has 0 atom stereocenters. The van der Waals surface area contributed by atoms with Crippen LogP contribution in [0.25, 0.3) is 0 Å². The summed E-state index contributed by atoms with van der Waals surface area (Å²) in [5.41, 5.74) is 1.93.